The molecule has 1 aliphatic heterocycles. The van der Waals surface area contributed by atoms with Crippen molar-refractivity contribution in [3.8, 4) is 0 Å². The van der Waals surface area contributed by atoms with E-state index in [1.165, 1.54) is 0 Å². The van der Waals surface area contributed by atoms with Crippen molar-refractivity contribution in [1.29, 1.82) is 0 Å². The van der Waals surface area contributed by atoms with Gasteiger partial charge in [0, 0.05) is 13.6 Å². The normalized spacial score (nSPS) is 28.4. The van der Waals surface area contributed by atoms with E-state index in [1.807, 2.05) is 20.8 Å². The molecule has 0 aromatic rings. The van der Waals surface area contributed by atoms with Gasteiger partial charge >= 0.3 is 6.03 Å². The third-order valence-corrected chi connectivity index (χ3v) is 4.86. The molecule has 0 aromatic carbocycles. The lowest BCUT2D eigenvalue weighted by Crippen LogP contribution is -2.54. The maximum Gasteiger partial charge on any atom is 0.325 e. The molecule has 0 bridgehead atoms. The lowest BCUT2D eigenvalue weighted by atomic mass is 9.73. The molecule has 1 N–H and O–H groups in total. The lowest BCUT2D eigenvalue weighted by molar-refractivity contribution is -0.140. The fourth-order valence-corrected chi connectivity index (χ4v) is 3.54. The van der Waals surface area contributed by atoms with Crippen LogP contribution in [0.15, 0.2) is 0 Å². The second kappa shape index (κ2) is 6.26. The molecule has 1 spiro atoms. The molecule has 1 heterocycles. The van der Waals surface area contributed by atoms with Gasteiger partial charge in [-0.05, 0) is 24.7 Å². The van der Waals surface area contributed by atoms with E-state index < -0.39 is 11.6 Å². The molecule has 1 aliphatic carbocycles. The third-order valence-electron chi connectivity index (χ3n) is 4.86. The summed E-state index contributed by atoms with van der Waals surface area (Å²) in [6, 6.07) is -0.426. The highest BCUT2D eigenvalue weighted by Crippen LogP contribution is 2.38. The molecule has 0 radical (unpaired) electrons. The summed E-state index contributed by atoms with van der Waals surface area (Å²) in [5.41, 5.74) is -0.785. The number of urea groups is 1. The van der Waals surface area contributed by atoms with Crippen LogP contribution in [0.2, 0.25) is 0 Å². The number of amides is 4. The van der Waals surface area contributed by atoms with Crippen LogP contribution in [-0.2, 0) is 9.59 Å². The first-order valence-electron chi connectivity index (χ1n) is 8.16. The molecule has 1 saturated carbocycles. The topological polar surface area (TPSA) is 69.7 Å². The summed E-state index contributed by atoms with van der Waals surface area (Å²) in [6.07, 6.45) is 3.62. The van der Waals surface area contributed by atoms with E-state index in [4.69, 9.17) is 0 Å². The zero-order chi connectivity index (χ0) is 16.5. The van der Waals surface area contributed by atoms with Gasteiger partial charge in [-0.15, -0.1) is 0 Å². The maximum atomic E-state index is 12.8. The van der Waals surface area contributed by atoms with Crippen molar-refractivity contribution in [3.63, 3.8) is 0 Å². The molecule has 4 amide bonds. The fraction of sp³-hybridized carbons (Fsp3) is 0.812. The van der Waals surface area contributed by atoms with Crippen LogP contribution in [0.25, 0.3) is 0 Å². The van der Waals surface area contributed by atoms with E-state index >= 15 is 0 Å². The van der Waals surface area contributed by atoms with Crippen molar-refractivity contribution in [2.45, 2.75) is 52.0 Å². The van der Waals surface area contributed by atoms with Gasteiger partial charge in [0.2, 0.25) is 5.91 Å². The molecule has 22 heavy (non-hydrogen) atoms. The molecule has 6 heteroatoms. The number of carbonyl (C=O) groups is 3. The van der Waals surface area contributed by atoms with Gasteiger partial charge in [0.15, 0.2) is 0 Å². The SMILES string of the molecule is CC(C)CN(C)C(=O)CN1C(=O)NC2(CCCCC2C)C1=O. The standard InChI is InChI=1S/C16H27N3O3/c1-11(2)9-18(4)13(20)10-19-14(21)16(17-15(19)22)8-6-5-7-12(16)3/h11-12H,5-10H2,1-4H3,(H,17,22). The Morgan fingerprint density at radius 2 is 2.09 bits per heavy atom. The van der Waals surface area contributed by atoms with E-state index in [2.05, 4.69) is 5.32 Å². The molecule has 0 aromatic heterocycles. The van der Waals surface area contributed by atoms with Crippen molar-refractivity contribution < 1.29 is 14.4 Å². The quantitative estimate of drug-likeness (QED) is 0.802. The smallest absolute Gasteiger partial charge is 0.325 e. The average Bonchev–Trinajstić information content (AvgIpc) is 2.67. The van der Waals surface area contributed by atoms with Gasteiger partial charge in [-0.25, -0.2) is 4.79 Å². The second-order valence-corrected chi connectivity index (χ2v) is 7.11. The first-order chi connectivity index (χ1) is 10.3. The highest BCUT2D eigenvalue weighted by Gasteiger charge is 2.55. The summed E-state index contributed by atoms with van der Waals surface area (Å²) in [7, 11) is 1.71. The number of carbonyl (C=O) groups excluding carboxylic acids is 3. The average molecular weight is 309 g/mol. The maximum absolute atomic E-state index is 12.8. The van der Waals surface area contributed by atoms with Crippen molar-refractivity contribution in [2.24, 2.45) is 11.8 Å². The number of rotatable bonds is 4. The van der Waals surface area contributed by atoms with E-state index in [0.29, 0.717) is 18.9 Å². The summed E-state index contributed by atoms with van der Waals surface area (Å²) in [6.45, 7) is 6.51. The van der Waals surface area contributed by atoms with E-state index in [9.17, 15) is 14.4 Å². The molecule has 2 unspecified atom stereocenters. The summed E-state index contributed by atoms with van der Waals surface area (Å²) < 4.78 is 0. The van der Waals surface area contributed by atoms with E-state index in [-0.39, 0.29) is 24.3 Å². The number of nitrogens with zero attached hydrogens (tertiary/aromatic N) is 2. The predicted molar refractivity (Wildman–Crippen MR) is 83.1 cm³/mol. The van der Waals surface area contributed by atoms with Crippen LogP contribution in [0.1, 0.15) is 46.5 Å². The summed E-state index contributed by atoms with van der Waals surface area (Å²) in [5.74, 6) is 0.0432. The molecule has 124 valence electrons. The molecule has 2 fully saturated rings. The highest BCUT2D eigenvalue weighted by molar-refractivity contribution is 6.09. The Labute approximate surface area is 132 Å². The number of hydrogen-bond donors (Lipinski definition) is 1. The van der Waals surface area contributed by atoms with Crippen LogP contribution in [0, 0.1) is 11.8 Å². The fourth-order valence-electron chi connectivity index (χ4n) is 3.54. The van der Waals surface area contributed by atoms with Crippen LogP contribution in [0.3, 0.4) is 0 Å². The van der Waals surface area contributed by atoms with Gasteiger partial charge < -0.3 is 10.2 Å². The number of imide groups is 1. The molecule has 2 rings (SSSR count). The largest absolute Gasteiger partial charge is 0.344 e. The minimum absolute atomic E-state index is 0.117. The summed E-state index contributed by atoms with van der Waals surface area (Å²) in [5, 5.41) is 2.87. The summed E-state index contributed by atoms with van der Waals surface area (Å²) in [4.78, 5) is 39.9. The third kappa shape index (κ3) is 2.96. The Morgan fingerprint density at radius 1 is 1.41 bits per heavy atom. The number of likely N-dealkylation sites (N-methyl/N-ethyl adjacent to an activating group) is 1. The number of nitrogens with one attached hydrogen (secondary N) is 1. The van der Waals surface area contributed by atoms with Crippen LogP contribution in [-0.4, -0.2) is 53.3 Å². The Balaban J connectivity index is 2.08. The zero-order valence-corrected chi connectivity index (χ0v) is 14.0. The van der Waals surface area contributed by atoms with Crippen LogP contribution in [0.5, 0.6) is 0 Å². The Bertz CT molecular complexity index is 477. The van der Waals surface area contributed by atoms with Gasteiger partial charge in [0.05, 0.1) is 0 Å². The minimum atomic E-state index is -0.785. The molecular weight excluding hydrogens is 282 g/mol. The Kier molecular flexibility index (Phi) is 4.78. The predicted octanol–water partition coefficient (Wildman–Crippen LogP) is 1.60. The van der Waals surface area contributed by atoms with Gasteiger partial charge in [-0.2, -0.15) is 0 Å². The molecule has 2 atom stereocenters. The van der Waals surface area contributed by atoms with E-state index in [1.54, 1.807) is 11.9 Å². The van der Waals surface area contributed by atoms with Crippen molar-refractivity contribution in [2.75, 3.05) is 20.1 Å². The van der Waals surface area contributed by atoms with Crippen LogP contribution < -0.4 is 5.32 Å². The van der Waals surface area contributed by atoms with Gasteiger partial charge in [0.1, 0.15) is 12.1 Å². The second-order valence-electron chi connectivity index (χ2n) is 7.11. The van der Waals surface area contributed by atoms with Gasteiger partial charge in [-0.3, -0.25) is 14.5 Å². The van der Waals surface area contributed by atoms with Crippen LogP contribution >= 0.6 is 0 Å². The molecular formula is C16H27N3O3. The van der Waals surface area contributed by atoms with Crippen molar-refractivity contribution in [1.82, 2.24) is 15.1 Å². The van der Waals surface area contributed by atoms with Crippen molar-refractivity contribution >= 4 is 17.8 Å². The minimum Gasteiger partial charge on any atom is -0.344 e. The molecule has 6 nitrogen and oxygen atoms in total. The zero-order valence-electron chi connectivity index (χ0n) is 14.0. The van der Waals surface area contributed by atoms with E-state index in [0.717, 1.165) is 24.2 Å². The highest BCUT2D eigenvalue weighted by atomic mass is 16.2. The monoisotopic (exact) mass is 309 g/mol. The molecule has 2 aliphatic rings. The first kappa shape index (κ1) is 16.8. The first-order valence-corrected chi connectivity index (χ1v) is 8.16. The molecule has 1 saturated heterocycles. The Hall–Kier alpha value is -1.59. The van der Waals surface area contributed by atoms with Gasteiger partial charge in [-0.1, -0.05) is 33.6 Å². The summed E-state index contributed by atoms with van der Waals surface area (Å²) >= 11 is 0. The van der Waals surface area contributed by atoms with Gasteiger partial charge in [0.25, 0.3) is 5.91 Å². The number of hydrogen-bond acceptors (Lipinski definition) is 3. The lowest BCUT2D eigenvalue weighted by Gasteiger charge is -2.36. The van der Waals surface area contributed by atoms with Crippen LogP contribution in [0.4, 0.5) is 4.79 Å². The Morgan fingerprint density at radius 3 is 2.68 bits per heavy atom. The van der Waals surface area contributed by atoms with Crippen molar-refractivity contribution in [3.05, 3.63) is 0 Å².